The molecule has 0 unspecified atom stereocenters. The van der Waals surface area contributed by atoms with E-state index < -0.39 is 0 Å². The van der Waals surface area contributed by atoms with Gasteiger partial charge in [0.1, 0.15) is 57.6 Å². The minimum Gasteiger partial charge on any atom is -0.493 e. The van der Waals surface area contributed by atoms with Crippen LogP contribution in [0.4, 0.5) is 11.6 Å². The lowest BCUT2D eigenvalue weighted by molar-refractivity contribution is 0.145. The Hall–Kier alpha value is -9.31. The number of rotatable bonds is 34. The fourth-order valence-corrected chi connectivity index (χ4v) is 13.1. The van der Waals surface area contributed by atoms with Gasteiger partial charge in [0.05, 0.1) is 98.0 Å². The number of ether oxygens (including phenoxy) is 8. The molecule has 0 bridgehead atoms. The van der Waals surface area contributed by atoms with Crippen LogP contribution < -0.4 is 37.9 Å². The van der Waals surface area contributed by atoms with E-state index in [0.29, 0.717) is 144 Å². The van der Waals surface area contributed by atoms with Crippen molar-refractivity contribution in [3.05, 3.63) is 130 Å². The quantitative estimate of drug-likeness (QED) is 0.0370. The van der Waals surface area contributed by atoms with Crippen LogP contribution in [0.2, 0.25) is 0 Å². The van der Waals surface area contributed by atoms with Crippen LogP contribution in [0.1, 0.15) is 192 Å². The third-order valence-corrected chi connectivity index (χ3v) is 18.4. The summed E-state index contributed by atoms with van der Waals surface area (Å²) in [7, 11) is 1.94. The molecule has 0 saturated carbocycles. The van der Waals surface area contributed by atoms with Gasteiger partial charge in [-0.1, -0.05) is 204 Å². The van der Waals surface area contributed by atoms with E-state index in [1.54, 1.807) is 0 Å². The van der Waals surface area contributed by atoms with Gasteiger partial charge in [-0.3, -0.25) is 15.4 Å². The predicted octanol–water partition coefficient (Wildman–Crippen LogP) is 20.2. The summed E-state index contributed by atoms with van der Waals surface area (Å²) in [5, 5.41) is 23.0. The maximum Gasteiger partial charge on any atom is 0.168 e. The van der Waals surface area contributed by atoms with Crippen LogP contribution in [-0.4, -0.2) is 104 Å². The number of H-pyrrole nitrogens is 1. The van der Waals surface area contributed by atoms with Gasteiger partial charge in [0, 0.05) is 61.9 Å². The first kappa shape index (κ1) is 67.7. The van der Waals surface area contributed by atoms with E-state index >= 15 is 0 Å². The molecular weight excluding hydrogens is 1210 g/mol. The second kappa shape index (κ2) is 31.7. The van der Waals surface area contributed by atoms with Gasteiger partial charge in [-0.15, -0.1) is 0 Å². The lowest BCUT2D eigenvalue weighted by Gasteiger charge is -2.41. The number of nitrogens with one attached hydrogen (secondary N) is 2. The second-order valence-corrected chi connectivity index (χ2v) is 25.4. The Bertz CT molecular complexity index is 4470. The molecule has 16 heteroatoms. The Balaban J connectivity index is 1.18. The lowest BCUT2D eigenvalue weighted by Crippen LogP contribution is -2.50. The minimum atomic E-state index is 0.236. The number of aromatic amines is 1. The van der Waals surface area contributed by atoms with Crippen molar-refractivity contribution in [1.29, 1.82) is 5.41 Å². The number of aliphatic imine (C=N–C) groups is 4. The van der Waals surface area contributed by atoms with Crippen molar-refractivity contribution in [3.63, 3.8) is 0 Å². The standard InChI is InChI=1S/C81H96N8O8/c1-10-18-42-90-68-52-34-26-29-37-55(52)71(93-45-21-13-4)63-60(68)50-83-77(63)84-78-64-65(73(95-47-23-15-6)57-39-31-30-38-56(57)72(64)94-46-22-14-5)79(85-78)86-80-66-67(75(97-49-25-17-8)59-41-33-32-40-58(59)74(66)96-48-24-16-7)81(87-80)89-51-61-62(76(82)88(89)9)70(92-44-20-12-3)54-36-28-27-35-53(54)69(61)91-43-19-11-2/h26-41,50,82,85H,10-25,42-49,51H2,1-9H3/b82-76?,84-77-,86-80-. The van der Waals surface area contributed by atoms with E-state index in [0.717, 1.165) is 174 Å². The first-order chi connectivity index (χ1) is 47.7. The van der Waals surface area contributed by atoms with Crippen LogP contribution in [0.3, 0.4) is 0 Å². The first-order valence-corrected chi connectivity index (χ1v) is 36.0. The molecular formula is C81H96N8O8. The van der Waals surface area contributed by atoms with E-state index in [-0.39, 0.29) is 12.4 Å². The predicted molar refractivity (Wildman–Crippen MR) is 398 cm³/mol. The molecule has 4 heterocycles. The largest absolute Gasteiger partial charge is 0.493 e. The number of benzene rings is 8. The zero-order valence-electron chi connectivity index (χ0n) is 58.4. The summed E-state index contributed by atoms with van der Waals surface area (Å²) >= 11 is 0. The van der Waals surface area contributed by atoms with Crippen molar-refractivity contribution in [3.8, 4) is 46.0 Å². The Morgan fingerprint density at radius 1 is 0.392 bits per heavy atom. The Morgan fingerprint density at radius 3 is 1.12 bits per heavy atom. The molecule has 8 aromatic carbocycles. The molecule has 3 aliphatic heterocycles. The van der Waals surface area contributed by atoms with Gasteiger partial charge in [0.25, 0.3) is 0 Å². The number of nitrogens with zero attached hydrogens (tertiary/aromatic N) is 6. The van der Waals surface area contributed by atoms with Crippen molar-refractivity contribution >= 4 is 95.1 Å². The van der Waals surface area contributed by atoms with E-state index in [1.807, 2.05) is 60.7 Å². The third kappa shape index (κ3) is 13.4. The molecule has 508 valence electrons. The highest BCUT2D eigenvalue weighted by Gasteiger charge is 2.42. The van der Waals surface area contributed by atoms with Gasteiger partial charge >= 0.3 is 0 Å². The van der Waals surface area contributed by atoms with Gasteiger partial charge in [-0.2, -0.15) is 0 Å². The molecule has 0 aliphatic carbocycles. The maximum atomic E-state index is 10.4. The van der Waals surface area contributed by atoms with Crippen molar-refractivity contribution in [2.24, 2.45) is 20.0 Å². The molecule has 0 saturated heterocycles. The van der Waals surface area contributed by atoms with Crippen molar-refractivity contribution < 1.29 is 37.9 Å². The SMILES string of the molecule is CCCCOc1c2c(c(OCCCC)c3ccccc13)/C(=N/c1[nH]c(/N=C3\N=C(N4Cc5c(c(OCCCC)c6ccccc6c5OCCCC)C(=N)N4C)c4c3c(OCCCC)c3ccccc3c4OCCCC)c3c(OCCCC)c4ccccc4c(OCCCC)c13)N=C2. The average molecular weight is 1310 g/mol. The summed E-state index contributed by atoms with van der Waals surface area (Å²) in [6.07, 6.45) is 16.2. The van der Waals surface area contributed by atoms with Gasteiger partial charge in [-0.25, -0.2) is 20.0 Å². The maximum absolute atomic E-state index is 10.4. The van der Waals surface area contributed by atoms with Crippen LogP contribution in [0, 0.1) is 5.41 Å². The molecule has 9 aromatic rings. The van der Waals surface area contributed by atoms with Gasteiger partial charge in [-0.05, 0) is 51.4 Å². The lowest BCUT2D eigenvalue weighted by atomic mass is 9.94. The highest BCUT2D eigenvalue weighted by atomic mass is 16.5. The molecule has 97 heavy (non-hydrogen) atoms. The first-order valence-electron chi connectivity index (χ1n) is 36.0. The smallest absolute Gasteiger partial charge is 0.168 e. The zero-order valence-corrected chi connectivity index (χ0v) is 58.4. The number of amidine groups is 4. The number of hydrogen-bond acceptors (Lipinski definition) is 12. The van der Waals surface area contributed by atoms with Crippen LogP contribution in [0.5, 0.6) is 46.0 Å². The number of hydrazine groups is 1. The van der Waals surface area contributed by atoms with Crippen LogP contribution in [-0.2, 0) is 6.54 Å². The van der Waals surface area contributed by atoms with E-state index in [4.69, 9.17) is 57.9 Å². The summed E-state index contributed by atoms with van der Waals surface area (Å²) in [6, 6.07) is 33.2. The molecule has 0 fully saturated rings. The topological polar surface area (TPSA) is 169 Å². The average Bonchev–Trinajstić information content (AvgIpc) is 1.62. The molecule has 1 aromatic heterocycles. The number of fused-ring (bicyclic) bond motifs is 8. The summed E-state index contributed by atoms with van der Waals surface area (Å²) in [6.45, 7) is 21.5. The zero-order chi connectivity index (χ0) is 67.4. The fourth-order valence-electron chi connectivity index (χ4n) is 13.1. The van der Waals surface area contributed by atoms with Gasteiger partial charge < -0.3 is 42.9 Å². The number of hydrogen-bond donors (Lipinski definition) is 2. The molecule has 0 radical (unpaired) electrons. The molecule has 2 N–H and O–H groups in total. The Morgan fingerprint density at radius 2 is 0.711 bits per heavy atom. The van der Waals surface area contributed by atoms with Crippen LogP contribution in [0.15, 0.2) is 117 Å². The number of unbranched alkanes of at least 4 members (excludes halogenated alkanes) is 8. The summed E-state index contributed by atoms with van der Waals surface area (Å²) in [4.78, 5) is 26.5. The molecule has 0 atom stereocenters. The second-order valence-electron chi connectivity index (χ2n) is 25.4. The monoisotopic (exact) mass is 1310 g/mol. The summed E-state index contributed by atoms with van der Waals surface area (Å²) in [5.74, 6) is 7.96. The fraction of sp³-hybridized carbons (Fsp3) is 0.420. The van der Waals surface area contributed by atoms with Crippen molar-refractivity contribution in [1.82, 2.24) is 15.0 Å². The van der Waals surface area contributed by atoms with E-state index in [2.05, 4.69) is 120 Å². The van der Waals surface area contributed by atoms with E-state index in [1.165, 1.54) is 0 Å². The van der Waals surface area contributed by atoms with Crippen LogP contribution >= 0.6 is 0 Å². The molecule has 0 spiro atoms. The van der Waals surface area contributed by atoms with Crippen molar-refractivity contribution in [2.45, 2.75) is 165 Å². The summed E-state index contributed by atoms with van der Waals surface area (Å²) < 4.78 is 56.1. The normalized spacial score (nSPS) is 14.2. The molecule has 3 aliphatic rings. The molecule has 12 rings (SSSR count). The molecule has 16 nitrogen and oxygen atoms in total. The Kier molecular flexibility index (Phi) is 22.1. The van der Waals surface area contributed by atoms with Crippen molar-refractivity contribution in [2.75, 3.05) is 59.9 Å². The number of aromatic nitrogens is 1. The Labute approximate surface area is 571 Å². The van der Waals surface area contributed by atoms with Gasteiger partial charge in [0.2, 0.25) is 0 Å². The summed E-state index contributed by atoms with van der Waals surface area (Å²) in [5.41, 5.74) is 4.48. The highest BCUT2D eigenvalue weighted by Crippen LogP contribution is 2.54. The van der Waals surface area contributed by atoms with Crippen LogP contribution in [0.25, 0.3) is 53.9 Å². The molecule has 0 amide bonds. The van der Waals surface area contributed by atoms with E-state index in [9.17, 15) is 5.41 Å². The third-order valence-electron chi connectivity index (χ3n) is 18.4. The highest BCUT2D eigenvalue weighted by molar-refractivity contribution is 6.30. The minimum absolute atomic E-state index is 0.236. The van der Waals surface area contributed by atoms with Gasteiger partial charge in [0.15, 0.2) is 23.3 Å².